The van der Waals surface area contributed by atoms with E-state index >= 15 is 0 Å². The lowest BCUT2D eigenvalue weighted by Gasteiger charge is -2.14. The SMILES string of the molecule is COC(=O)c1cnccc1Nc1cc(-c2cc(Cl)ccc2F)c(=O)[nH]c1SC. The van der Waals surface area contributed by atoms with Crippen molar-refractivity contribution in [1.82, 2.24) is 9.97 Å². The number of ether oxygens (including phenoxy) is 1. The summed E-state index contributed by atoms with van der Waals surface area (Å²) >= 11 is 7.25. The maximum Gasteiger partial charge on any atom is 0.341 e. The highest BCUT2D eigenvalue weighted by atomic mass is 35.5. The fraction of sp³-hybridized carbons (Fsp3) is 0.105. The molecule has 2 N–H and O–H groups in total. The van der Waals surface area contributed by atoms with E-state index in [2.05, 4.69) is 15.3 Å². The molecule has 2 aromatic heterocycles. The summed E-state index contributed by atoms with van der Waals surface area (Å²) < 4.78 is 19.1. The molecule has 3 rings (SSSR count). The van der Waals surface area contributed by atoms with Crippen LogP contribution in [0.1, 0.15) is 10.4 Å². The quantitative estimate of drug-likeness (QED) is 0.468. The van der Waals surface area contributed by atoms with Crippen LogP contribution >= 0.6 is 23.4 Å². The Morgan fingerprint density at radius 1 is 1.25 bits per heavy atom. The van der Waals surface area contributed by atoms with Crippen LogP contribution < -0.4 is 10.9 Å². The number of nitrogens with zero attached hydrogens (tertiary/aromatic N) is 1. The molecule has 0 saturated heterocycles. The molecule has 0 fully saturated rings. The lowest BCUT2D eigenvalue weighted by atomic mass is 10.1. The summed E-state index contributed by atoms with van der Waals surface area (Å²) in [7, 11) is 1.27. The molecule has 0 aliphatic carbocycles. The molecule has 0 radical (unpaired) electrons. The van der Waals surface area contributed by atoms with Crippen LogP contribution in [0, 0.1) is 5.82 Å². The van der Waals surface area contributed by atoms with Gasteiger partial charge in [-0.15, -0.1) is 11.8 Å². The number of aromatic amines is 1. The Hall–Kier alpha value is -2.84. The number of hydrogen-bond donors (Lipinski definition) is 2. The second kappa shape index (κ2) is 8.45. The van der Waals surface area contributed by atoms with Gasteiger partial charge in [-0.25, -0.2) is 9.18 Å². The van der Waals surface area contributed by atoms with E-state index in [0.717, 1.165) is 0 Å². The highest BCUT2D eigenvalue weighted by Gasteiger charge is 2.17. The topological polar surface area (TPSA) is 84.1 Å². The molecule has 0 saturated carbocycles. The van der Waals surface area contributed by atoms with E-state index in [9.17, 15) is 14.0 Å². The second-order valence-electron chi connectivity index (χ2n) is 5.62. The summed E-state index contributed by atoms with van der Waals surface area (Å²) in [5.41, 5.74) is 0.860. The molecule has 3 aromatic rings. The minimum atomic E-state index is -0.572. The zero-order valence-electron chi connectivity index (χ0n) is 14.9. The number of anilines is 2. The number of halogens is 2. The van der Waals surface area contributed by atoms with Gasteiger partial charge in [-0.05, 0) is 36.6 Å². The molecule has 9 heteroatoms. The predicted octanol–water partition coefficient (Wildman–Crippen LogP) is 4.48. The van der Waals surface area contributed by atoms with Crippen molar-refractivity contribution in [3.05, 3.63) is 69.5 Å². The number of aromatic nitrogens is 2. The molecule has 2 heterocycles. The average Bonchev–Trinajstić information content (AvgIpc) is 2.70. The molecular formula is C19H15ClFN3O3S. The normalized spacial score (nSPS) is 10.6. The lowest BCUT2D eigenvalue weighted by molar-refractivity contribution is 0.0601. The highest BCUT2D eigenvalue weighted by Crippen LogP contribution is 2.31. The first kappa shape index (κ1) is 19.9. The molecule has 1 aromatic carbocycles. The van der Waals surface area contributed by atoms with Crippen LogP contribution in [0.25, 0.3) is 11.1 Å². The van der Waals surface area contributed by atoms with Crippen molar-refractivity contribution in [3.8, 4) is 11.1 Å². The molecule has 0 atom stereocenters. The van der Waals surface area contributed by atoms with Gasteiger partial charge in [0.25, 0.3) is 5.56 Å². The molecule has 0 spiro atoms. The van der Waals surface area contributed by atoms with Gasteiger partial charge in [0.1, 0.15) is 11.4 Å². The molecule has 0 amide bonds. The van der Waals surface area contributed by atoms with Crippen LogP contribution in [-0.4, -0.2) is 29.3 Å². The van der Waals surface area contributed by atoms with Gasteiger partial charge >= 0.3 is 5.97 Å². The Morgan fingerprint density at radius 2 is 2.04 bits per heavy atom. The second-order valence-corrected chi connectivity index (χ2v) is 6.87. The van der Waals surface area contributed by atoms with Gasteiger partial charge in [0.05, 0.1) is 29.1 Å². The van der Waals surface area contributed by atoms with Crippen LogP contribution in [0.2, 0.25) is 5.02 Å². The number of pyridine rings is 2. The number of H-pyrrole nitrogens is 1. The van der Waals surface area contributed by atoms with Crippen molar-refractivity contribution in [2.75, 3.05) is 18.7 Å². The third-order valence-corrected chi connectivity index (χ3v) is 4.89. The van der Waals surface area contributed by atoms with E-state index in [0.29, 0.717) is 21.4 Å². The molecule has 6 nitrogen and oxygen atoms in total. The summed E-state index contributed by atoms with van der Waals surface area (Å²) in [6, 6.07) is 7.10. The lowest BCUT2D eigenvalue weighted by Crippen LogP contribution is -2.13. The number of esters is 1. The van der Waals surface area contributed by atoms with Crippen LogP contribution in [0.15, 0.2) is 52.5 Å². The molecule has 144 valence electrons. The Balaban J connectivity index is 2.13. The van der Waals surface area contributed by atoms with Gasteiger partial charge < -0.3 is 15.0 Å². The average molecular weight is 420 g/mol. The van der Waals surface area contributed by atoms with Crippen molar-refractivity contribution < 1.29 is 13.9 Å². The number of nitrogens with one attached hydrogen (secondary N) is 2. The first-order valence-electron chi connectivity index (χ1n) is 8.00. The number of hydrogen-bond acceptors (Lipinski definition) is 6. The van der Waals surface area contributed by atoms with Crippen molar-refractivity contribution in [3.63, 3.8) is 0 Å². The minimum Gasteiger partial charge on any atom is -0.465 e. The summed E-state index contributed by atoms with van der Waals surface area (Å²) in [6.45, 7) is 0. The molecule has 0 aliphatic heterocycles. The number of rotatable bonds is 5. The van der Waals surface area contributed by atoms with Crippen LogP contribution in [-0.2, 0) is 4.74 Å². The van der Waals surface area contributed by atoms with Crippen LogP contribution in [0.3, 0.4) is 0 Å². The van der Waals surface area contributed by atoms with Crippen molar-refractivity contribution in [2.24, 2.45) is 0 Å². The Bertz CT molecular complexity index is 1100. The fourth-order valence-corrected chi connectivity index (χ4v) is 3.29. The van der Waals surface area contributed by atoms with Gasteiger partial charge in [-0.2, -0.15) is 0 Å². The van der Waals surface area contributed by atoms with Gasteiger partial charge in [0.15, 0.2) is 0 Å². The number of carbonyl (C=O) groups is 1. The smallest absolute Gasteiger partial charge is 0.341 e. The fourth-order valence-electron chi connectivity index (χ4n) is 2.59. The molecule has 0 unspecified atom stereocenters. The van der Waals surface area contributed by atoms with Crippen LogP contribution in [0.4, 0.5) is 15.8 Å². The summed E-state index contributed by atoms with van der Waals surface area (Å²) in [5, 5.41) is 3.92. The van der Waals surface area contributed by atoms with E-state index in [1.807, 2.05) is 0 Å². The van der Waals surface area contributed by atoms with E-state index in [1.165, 1.54) is 55.5 Å². The minimum absolute atomic E-state index is 0.0763. The van der Waals surface area contributed by atoms with E-state index in [-0.39, 0.29) is 16.7 Å². The van der Waals surface area contributed by atoms with E-state index in [4.69, 9.17) is 16.3 Å². The molecule has 0 aliphatic rings. The van der Waals surface area contributed by atoms with Crippen molar-refractivity contribution in [2.45, 2.75) is 5.03 Å². The third-order valence-electron chi connectivity index (χ3n) is 3.92. The van der Waals surface area contributed by atoms with Crippen molar-refractivity contribution >= 4 is 40.7 Å². The highest BCUT2D eigenvalue weighted by molar-refractivity contribution is 7.98. The molecule has 28 heavy (non-hydrogen) atoms. The first-order valence-corrected chi connectivity index (χ1v) is 9.61. The number of carbonyl (C=O) groups excluding carboxylic acids is 1. The summed E-state index contributed by atoms with van der Waals surface area (Å²) in [6.07, 6.45) is 4.66. The van der Waals surface area contributed by atoms with Gasteiger partial charge in [0, 0.05) is 23.0 Å². The zero-order chi connectivity index (χ0) is 20.3. The molecular weight excluding hydrogens is 405 g/mol. The van der Waals surface area contributed by atoms with E-state index < -0.39 is 17.3 Å². The Kier molecular flexibility index (Phi) is 6.01. The van der Waals surface area contributed by atoms with Gasteiger partial charge in [0.2, 0.25) is 0 Å². The number of methoxy groups -OCH3 is 1. The zero-order valence-corrected chi connectivity index (χ0v) is 16.5. The monoisotopic (exact) mass is 419 g/mol. The summed E-state index contributed by atoms with van der Waals surface area (Å²) in [5.74, 6) is -1.14. The number of thioether (sulfide) groups is 1. The maximum absolute atomic E-state index is 14.3. The van der Waals surface area contributed by atoms with Gasteiger partial charge in [-0.3, -0.25) is 9.78 Å². The van der Waals surface area contributed by atoms with E-state index in [1.54, 1.807) is 12.3 Å². The molecule has 0 bridgehead atoms. The first-order chi connectivity index (χ1) is 13.4. The standard InChI is InChI=1S/C19H15ClFN3O3S/c1-27-19(26)13-9-22-6-5-15(13)23-16-8-12(17(25)24-18(16)28-2)11-7-10(20)3-4-14(11)21/h3-9H,1-2H3,(H,22,23)(H,24,25). The van der Waals surface area contributed by atoms with Crippen LogP contribution in [0.5, 0.6) is 0 Å². The Morgan fingerprint density at radius 3 is 2.75 bits per heavy atom. The van der Waals surface area contributed by atoms with Gasteiger partial charge in [-0.1, -0.05) is 11.6 Å². The largest absolute Gasteiger partial charge is 0.465 e. The summed E-state index contributed by atoms with van der Waals surface area (Å²) in [4.78, 5) is 31.1. The maximum atomic E-state index is 14.3. The third kappa shape index (κ3) is 4.02. The Labute approximate surface area is 169 Å². The predicted molar refractivity (Wildman–Crippen MR) is 108 cm³/mol. The number of benzene rings is 1. The van der Waals surface area contributed by atoms with Crippen molar-refractivity contribution in [1.29, 1.82) is 0 Å².